The molecule has 0 radical (unpaired) electrons. The molecule has 1 N–H and O–H groups in total. The molecule has 1 amide bonds. The van der Waals surface area contributed by atoms with Gasteiger partial charge in [-0.15, -0.1) is 0 Å². The third-order valence-corrected chi connectivity index (χ3v) is 4.21. The van der Waals surface area contributed by atoms with Crippen molar-refractivity contribution in [3.63, 3.8) is 0 Å². The van der Waals surface area contributed by atoms with Crippen LogP contribution in [0.4, 0.5) is 0 Å². The minimum Gasteiger partial charge on any atom is -0.496 e. The van der Waals surface area contributed by atoms with E-state index in [4.69, 9.17) is 4.74 Å². The van der Waals surface area contributed by atoms with Gasteiger partial charge in [0.2, 0.25) is 0 Å². The number of amides is 1. The number of halogens is 1. The molecule has 19 heavy (non-hydrogen) atoms. The molecule has 2 rings (SSSR count). The lowest BCUT2D eigenvalue weighted by atomic mass is 9.92. The molecule has 1 atom stereocenters. The molecule has 1 fully saturated rings. The largest absolute Gasteiger partial charge is 0.496 e. The van der Waals surface area contributed by atoms with E-state index in [0.717, 1.165) is 23.7 Å². The summed E-state index contributed by atoms with van der Waals surface area (Å²) in [6, 6.07) is 5.73. The molecule has 0 heterocycles. The number of benzene rings is 1. The minimum absolute atomic E-state index is 0.0490. The maximum absolute atomic E-state index is 12.3. The molecule has 0 bridgehead atoms. The minimum atomic E-state index is -0.0490. The molecule has 1 aliphatic carbocycles. The fraction of sp³-hybridized carbons (Fsp3) is 0.533. The summed E-state index contributed by atoms with van der Waals surface area (Å²) >= 11 is 3.38. The normalized spacial score (nSPS) is 21.2. The van der Waals surface area contributed by atoms with E-state index in [1.54, 1.807) is 13.2 Å². The molecule has 4 heteroatoms. The van der Waals surface area contributed by atoms with Crippen LogP contribution < -0.4 is 10.1 Å². The maximum Gasteiger partial charge on any atom is 0.255 e. The Morgan fingerprint density at radius 3 is 2.79 bits per heavy atom. The summed E-state index contributed by atoms with van der Waals surface area (Å²) in [5.41, 5.74) is 0.928. The van der Waals surface area contributed by atoms with Gasteiger partial charge in [-0.2, -0.15) is 0 Å². The first-order valence-electron chi connectivity index (χ1n) is 6.56. The van der Waals surface area contributed by atoms with Crippen molar-refractivity contribution in [1.82, 2.24) is 5.32 Å². The van der Waals surface area contributed by atoms with Crippen LogP contribution in [0.2, 0.25) is 0 Å². The lowest BCUT2D eigenvalue weighted by Crippen LogP contribution is -2.33. The van der Waals surface area contributed by atoms with Crippen LogP contribution in [0.3, 0.4) is 0 Å². The number of hydrogen-bond acceptors (Lipinski definition) is 2. The maximum atomic E-state index is 12.3. The Morgan fingerprint density at radius 1 is 1.47 bits per heavy atom. The van der Waals surface area contributed by atoms with E-state index in [-0.39, 0.29) is 11.9 Å². The van der Waals surface area contributed by atoms with E-state index < -0.39 is 0 Å². The van der Waals surface area contributed by atoms with Crippen LogP contribution >= 0.6 is 15.9 Å². The fourth-order valence-electron chi connectivity index (χ4n) is 2.68. The zero-order chi connectivity index (χ0) is 14.0. The highest BCUT2D eigenvalue weighted by Crippen LogP contribution is 2.37. The molecule has 0 aliphatic heterocycles. The molecular weight excluding hydrogens is 306 g/mol. The number of ether oxygens (including phenoxy) is 1. The standard InChI is InChI=1S/C15H20BrNO2/c1-15(2)7-6-11(9-15)17-14(18)12-5-4-10(16)8-13(12)19-3/h4-5,8,11H,6-7,9H2,1-3H3,(H,17,18). The van der Waals surface area contributed by atoms with Crippen molar-refractivity contribution in [3.8, 4) is 5.75 Å². The highest BCUT2D eigenvalue weighted by atomic mass is 79.9. The van der Waals surface area contributed by atoms with Gasteiger partial charge in [-0.05, 0) is 42.9 Å². The predicted molar refractivity (Wildman–Crippen MR) is 79.6 cm³/mol. The Hall–Kier alpha value is -1.03. The topological polar surface area (TPSA) is 38.3 Å². The lowest BCUT2D eigenvalue weighted by molar-refractivity contribution is 0.0933. The molecule has 0 saturated heterocycles. The summed E-state index contributed by atoms with van der Waals surface area (Å²) in [5, 5.41) is 3.11. The first-order chi connectivity index (χ1) is 8.91. The Labute approximate surface area is 122 Å². The lowest BCUT2D eigenvalue weighted by Gasteiger charge is -2.18. The average Bonchev–Trinajstić information content (AvgIpc) is 2.68. The number of carbonyl (C=O) groups is 1. The van der Waals surface area contributed by atoms with Gasteiger partial charge in [0.1, 0.15) is 5.75 Å². The summed E-state index contributed by atoms with van der Waals surface area (Å²) in [6.45, 7) is 4.50. The van der Waals surface area contributed by atoms with Gasteiger partial charge in [-0.25, -0.2) is 0 Å². The van der Waals surface area contributed by atoms with Gasteiger partial charge in [-0.1, -0.05) is 29.8 Å². The number of methoxy groups -OCH3 is 1. The van der Waals surface area contributed by atoms with E-state index in [0.29, 0.717) is 16.7 Å². The van der Waals surface area contributed by atoms with E-state index in [1.807, 2.05) is 12.1 Å². The fourth-order valence-corrected chi connectivity index (χ4v) is 3.02. The van der Waals surface area contributed by atoms with Gasteiger partial charge in [-0.3, -0.25) is 4.79 Å². The zero-order valence-electron chi connectivity index (χ0n) is 11.6. The number of nitrogens with one attached hydrogen (secondary N) is 1. The van der Waals surface area contributed by atoms with Crippen LogP contribution in [0, 0.1) is 5.41 Å². The van der Waals surface area contributed by atoms with E-state index in [9.17, 15) is 4.79 Å². The second-order valence-corrected chi connectivity index (χ2v) is 6.84. The predicted octanol–water partition coefficient (Wildman–Crippen LogP) is 3.77. The summed E-state index contributed by atoms with van der Waals surface area (Å²) in [6.07, 6.45) is 3.25. The molecule has 1 saturated carbocycles. The number of carbonyl (C=O) groups excluding carboxylic acids is 1. The SMILES string of the molecule is COc1cc(Br)ccc1C(=O)NC1CCC(C)(C)C1. The van der Waals surface area contributed by atoms with Crippen molar-refractivity contribution in [2.75, 3.05) is 7.11 Å². The van der Waals surface area contributed by atoms with Gasteiger partial charge in [0.25, 0.3) is 5.91 Å². The molecule has 1 aliphatic rings. The second-order valence-electron chi connectivity index (χ2n) is 5.92. The molecule has 0 spiro atoms. The Morgan fingerprint density at radius 2 is 2.21 bits per heavy atom. The average molecular weight is 326 g/mol. The highest BCUT2D eigenvalue weighted by Gasteiger charge is 2.32. The number of rotatable bonds is 3. The summed E-state index contributed by atoms with van der Waals surface area (Å²) in [5.74, 6) is 0.552. The summed E-state index contributed by atoms with van der Waals surface area (Å²) in [7, 11) is 1.58. The van der Waals surface area contributed by atoms with E-state index >= 15 is 0 Å². The monoisotopic (exact) mass is 325 g/mol. The van der Waals surface area contributed by atoms with Gasteiger partial charge in [0.15, 0.2) is 0 Å². The molecule has 1 unspecified atom stereocenters. The first-order valence-corrected chi connectivity index (χ1v) is 7.35. The molecule has 1 aromatic rings. The Kier molecular flexibility index (Phi) is 4.19. The van der Waals surface area contributed by atoms with Crippen molar-refractivity contribution < 1.29 is 9.53 Å². The van der Waals surface area contributed by atoms with Crippen molar-refractivity contribution >= 4 is 21.8 Å². The summed E-state index contributed by atoms with van der Waals surface area (Å²) < 4.78 is 6.17. The van der Waals surface area contributed by atoms with Crippen molar-refractivity contribution in [3.05, 3.63) is 28.2 Å². The third-order valence-electron chi connectivity index (χ3n) is 3.71. The molecule has 0 aromatic heterocycles. The van der Waals surface area contributed by atoms with Gasteiger partial charge < -0.3 is 10.1 Å². The van der Waals surface area contributed by atoms with Gasteiger partial charge in [0.05, 0.1) is 12.7 Å². The van der Waals surface area contributed by atoms with Crippen molar-refractivity contribution in [1.29, 1.82) is 0 Å². The van der Waals surface area contributed by atoms with Gasteiger partial charge in [0, 0.05) is 10.5 Å². The van der Waals surface area contributed by atoms with E-state index in [2.05, 4.69) is 35.1 Å². The molecule has 3 nitrogen and oxygen atoms in total. The Bertz CT molecular complexity index is 485. The third kappa shape index (κ3) is 3.50. The number of hydrogen-bond donors (Lipinski definition) is 1. The smallest absolute Gasteiger partial charge is 0.255 e. The van der Waals surface area contributed by atoms with Crippen LogP contribution in [0.5, 0.6) is 5.75 Å². The molecular formula is C15H20BrNO2. The van der Waals surface area contributed by atoms with E-state index in [1.165, 1.54) is 0 Å². The van der Waals surface area contributed by atoms with Crippen LogP contribution in [-0.4, -0.2) is 19.1 Å². The van der Waals surface area contributed by atoms with Crippen LogP contribution in [-0.2, 0) is 0 Å². The zero-order valence-corrected chi connectivity index (χ0v) is 13.2. The van der Waals surface area contributed by atoms with Crippen LogP contribution in [0.15, 0.2) is 22.7 Å². The molecule has 1 aromatic carbocycles. The van der Waals surface area contributed by atoms with Gasteiger partial charge >= 0.3 is 0 Å². The van der Waals surface area contributed by atoms with Crippen LogP contribution in [0.25, 0.3) is 0 Å². The van der Waals surface area contributed by atoms with Crippen molar-refractivity contribution in [2.24, 2.45) is 5.41 Å². The van der Waals surface area contributed by atoms with Crippen LogP contribution in [0.1, 0.15) is 43.5 Å². The summed E-state index contributed by atoms with van der Waals surface area (Å²) in [4.78, 5) is 12.3. The molecule has 104 valence electrons. The second kappa shape index (κ2) is 5.53. The first kappa shape index (κ1) is 14.4. The quantitative estimate of drug-likeness (QED) is 0.918. The highest BCUT2D eigenvalue weighted by molar-refractivity contribution is 9.10. The van der Waals surface area contributed by atoms with Crippen molar-refractivity contribution in [2.45, 2.75) is 39.2 Å². The Balaban J connectivity index is 2.08.